The largest absolute Gasteiger partial charge is 0.456 e. The van der Waals surface area contributed by atoms with E-state index < -0.39 is 0 Å². The van der Waals surface area contributed by atoms with Crippen molar-refractivity contribution in [3.8, 4) is 0 Å². The molecule has 4 heterocycles. The first-order valence-corrected chi connectivity index (χ1v) is 10.1. The molecule has 0 radical (unpaired) electrons. The van der Waals surface area contributed by atoms with Crippen molar-refractivity contribution in [2.75, 3.05) is 26.2 Å². The van der Waals surface area contributed by atoms with Crippen molar-refractivity contribution in [1.82, 2.24) is 29.7 Å². The van der Waals surface area contributed by atoms with Crippen molar-refractivity contribution in [1.29, 1.82) is 0 Å². The van der Waals surface area contributed by atoms with Gasteiger partial charge in [0.15, 0.2) is 17.2 Å². The first-order valence-electron chi connectivity index (χ1n) is 10.1. The van der Waals surface area contributed by atoms with Crippen LogP contribution in [0.1, 0.15) is 42.0 Å². The molecular weight excluding hydrogens is 384 g/mol. The van der Waals surface area contributed by atoms with Crippen LogP contribution in [0.4, 0.5) is 4.79 Å². The Morgan fingerprint density at radius 1 is 1.03 bits per heavy atom. The van der Waals surface area contributed by atoms with Crippen molar-refractivity contribution < 1.29 is 14.0 Å². The van der Waals surface area contributed by atoms with Gasteiger partial charge in [-0.1, -0.05) is 19.9 Å². The van der Waals surface area contributed by atoms with E-state index >= 15 is 0 Å². The van der Waals surface area contributed by atoms with Gasteiger partial charge in [-0.2, -0.15) is 0 Å². The molecule has 3 aromatic rings. The van der Waals surface area contributed by atoms with E-state index in [1.807, 2.05) is 49.6 Å². The zero-order valence-corrected chi connectivity index (χ0v) is 17.4. The monoisotopic (exact) mass is 410 g/mol. The molecule has 1 saturated heterocycles. The summed E-state index contributed by atoms with van der Waals surface area (Å²) in [5.74, 6) is 1.74. The number of piperazine rings is 1. The summed E-state index contributed by atoms with van der Waals surface area (Å²) in [6, 6.07) is 8.72. The van der Waals surface area contributed by atoms with Crippen molar-refractivity contribution >= 4 is 17.6 Å². The van der Waals surface area contributed by atoms with Crippen LogP contribution in [0.3, 0.4) is 0 Å². The zero-order chi connectivity index (χ0) is 21.3. The van der Waals surface area contributed by atoms with E-state index in [-0.39, 0.29) is 23.9 Å². The van der Waals surface area contributed by atoms with Crippen molar-refractivity contribution in [3.05, 3.63) is 53.9 Å². The van der Waals surface area contributed by atoms with E-state index in [1.54, 1.807) is 21.9 Å². The molecule has 1 unspecified atom stereocenters. The minimum Gasteiger partial charge on any atom is -0.456 e. The third-order valence-electron chi connectivity index (χ3n) is 5.37. The number of fused-ring (bicyclic) bond motifs is 1. The van der Waals surface area contributed by atoms with Crippen LogP contribution >= 0.6 is 0 Å². The lowest BCUT2D eigenvalue weighted by Gasteiger charge is -2.35. The van der Waals surface area contributed by atoms with E-state index in [1.165, 1.54) is 0 Å². The van der Waals surface area contributed by atoms with Crippen LogP contribution in [-0.4, -0.2) is 62.5 Å². The molecule has 30 heavy (non-hydrogen) atoms. The molecule has 3 amide bonds. The lowest BCUT2D eigenvalue weighted by Crippen LogP contribution is -2.54. The van der Waals surface area contributed by atoms with Crippen molar-refractivity contribution in [2.24, 2.45) is 5.92 Å². The van der Waals surface area contributed by atoms with Gasteiger partial charge in [-0.3, -0.25) is 9.20 Å². The van der Waals surface area contributed by atoms with Crippen LogP contribution in [0.5, 0.6) is 0 Å². The molecule has 3 aromatic heterocycles. The molecule has 9 nitrogen and oxygen atoms in total. The van der Waals surface area contributed by atoms with Crippen LogP contribution in [0.25, 0.3) is 5.65 Å². The Bertz CT molecular complexity index is 1050. The number of pyridine rings is 1. The minimum atomic E-state index is -0.277. The number of carbonyl (C=O) groups is 2. The molecule has 158 valence electrons. The molecule has 0 spiro atoms. The van der Waals surface area contributed by atoms with E-state index in [2.05, 4.69) is 15.5 Å². The predicted octanol–water partition coefficient (Wildman–Crippen LogP) is 2.50. The first-order chi connectivity index (χ1) is 14.4. The lowest BCUT2D eigenvalue weighted by molar-refractivity contribution is 0.0630. The van der Waals surface area contributed by atoms with Gasteiger partial charge in [-0.15, -0.1) is 10.2 Å². The Labute approximate surface area is 174 Å². The summed E-state index contributed by atoms with van der Waals surface area (Å²) in [5.41, 5.74) is 0.743. The molecular formula is C21H26N6O3. The van der Waals surface area contributed by atoms with E-state index in [0.717, 1.165) is 5.65 Å². The number of aromatic nitrogens is 3. The maximum atomic E-state index is 12.9. The first kappa shape index (κ1) is 19.9. The average molecular weight is 410 g/mol. The number of aryl methyl sites for hydroxylation is 1. The molecule has 1 aliphatic rings. The summed E-state index contributed by atoms with van der Waals surface area (Å²) in [5, 5.41) is 11.6. The summed E-state index contributed by atoms with van der Waals surface area (Å²) < 4.78 is 7.32. The summed E-state index contributed by atoms with van der Waals surface area (Å²) in [6.45, 7) is 7.74. The van der Waals surface area contributed by atoms with Crippen LogP contribution in [0.2, 0.25) is 0 Å². The van der Waals surface area contributed by atoms with Crippen LogP contribution in [0.15, 0.2) is 40.9 Å². The Hall–Kier alpha value is -3.36. The van der Waals surface area contributed by atoms with Gasteiger partial charge in [0, 0.05) is 32.4 Å². The number of furan rings is 1. The normalized spacial score (nSPS) is 15.6. The molecule has 0 aliphatic carbocycles. The van der Waals surface area contributed by atoms with Gasteiger partial charge < -0.3 is 19.5 Å². The van der Waals surface area contributed by atoms with Gasteiger partial charge >= 0.3 is 6.03 Å². The molecule has 1 aliphatic heterocycles. The molecule has 9 heteroatoms. The Balaban J connectivity index is 1.40. The topological polar surface area (TPSA) is 96.0 Å². The van der Waals surface area contributed by atoms with Gasteiger partial charge in [0.05, 0.1) is 6.04 Å². The van der Waals surface area contributed by atoms with Crippen LogP contribution in [-0.2, 0) is 0 Å². The highest BCUT2D eigenvalue weighted by Crippen LogP contribution is 2.21. The van der Waals surface area contributed by atoms with Gasteiger partial charge in [-0.05, 0) is 37.1 Å². The van der Waals surface area contributed by atoms with Gasteiger partial charge in [0.2, 0.25) is 0 Å². The van der Waals surface area contributed by atoms with E-state index in [0.29, 0.717) is 43.5 Å². The SMILES string of the molecule is Cc1ccc(C(=O)N2CCN(C(=O)NC(c3nnc4ccccn34)C(C)C)CC2)o1. The number of nitrogens with one attached hydrogen (secondary N) is 1. The highest BCUT2D eigenvalue weighted by Gasteiger charge is 2.29. The number of nitrogens with zero attached hydrogens (tertiary/aromatic N) is 5. The fourth-order valence-electron chi connectivity index (χ4n) is 3.64. The summed E-state index contributed by atoms with van der Waals surface area (Å²) >= 11 is 0. The number of hydrogen-bond acceptors (Lipinski definition) is 5. The summed E-state index contributed by atoms with van der Waals surface area (Å²) in [4.78, 5) is 28.9. The second-order valence-corrected chi connectivity index (χ2v) is 7.85. The standard InChI is InChI=1S/C21H26N6O3/c1-14(2)18(19-24-23-17-6-4-5-9-27(17)19)22-21(29)26-12-10-25(11-13-26)20(28)16-8-7-15(3)30-16/h4-9,14,18H,10-13H2,1-3H3,(H,22,29). The third kappa shape index (κ3) is 3.87. The lowest BCUT2D eigenvalue weighted by atomic mass is 10.0. The summed E-state index contributed by atoms with van der Waals surface area (Å²) in [6.07, 6.45) is 1.90. The smallest absolute Gasteiger partial charge is 0.318 e. The van der Waals surface area contributed by atoms with Crippen LogP contribution in [0, 0.1) is 12.8 Å². The Kier molecular flexibility index (Phi) is 5.43. The average Bonchev–Trinajstić information content (AvgIpc) is 3.37. The highest BCUT2D eigenvalue weighted by atomic mass is 16.3. The quantitative estimate of drug-likeness (QED) is 0.713. The number of urea groups is 1. The second-order valence-electron chi connectivity index (χ2n) is 7.85. The van der Waals surface area contributed by atoms with Gasteiger partial charge in [0.1, 0.15) is 5.76 Å². The molecule has 1 fully saturated rings. The number of carbonyl (C=O) groups excluding carboxylic acids is 2. The molecule has 1 N–H and O–H groups in total. The maximum absolute atomic E-state index is 12.9. The Morgan fingerprint density at radius 3 is 2.43 bits per heavy atom. The predicted molar refractivity (Wildman–Crippen MR) is 110 cm³/mol. The number of hydrogen-bond donors (Lipinski definition) is 1. The van der Waals surface area contributed by atoms with Gasteiger partial charge in [0.25, 0.3) is 5.91 Å². The Morgan fingerprint density at radius 2 is 1.77 bits per heavy atom. The van der Waals surface area contributed by atoms with Crippen LogP contribution < -0.4 is 5.32 Å². The van der Waals surface area contributed by atoms with E-state index in [9.17, 15) is 9.59 Å². The zero-order valence-electron chi connectivity index (χ0n) is 17.4. The second kappa shape index (κ2) is 8.17. The molecule has 0 aromatic carbocycles. The van der Waals surface area contributed by atoms with E-state index in [4.69, 9.17) is 4.42 Å². The molecule has 0 saturated carbocycles. The molecule has 4 rings (SSSR count). The fraction of sp³-hybridized carbons (Fsp3) is 0.429. The molecule has 0 bridgehead atoms. The van der Waals surface area contributed by atoms with Crippen molar-refractivity contribution in [2.45, 2.75) is 26.8 Å². The molecule has 1 atom stereocenters. The summed E-state index contributed by atoms with van der Waals surface area (Å²) in [7, 11) is 0. The minimum absolute atomic E-state index is 0.131. The number of amides is 3. The highest BCUT2D eigenvalue weighted by molar-refractivity contribution is 5.91. The third-order valence-corrected chi connectivity index (χ3v) is 5.37. The fourth-order valence-corrected chi connectivity index (χ4v) is 3.64. The van der Waals surface area contributed by atoms with Crippen molar-refractivity contribution in [3.63, 3.8) is 0 Å². The van der Waals surface area contributed by atoms with Gasteiger partial charge in [-0.25, -0.2) is 4.79 Å². The number of rotatable bonds is 4. The maximum Gasteiger partial charge on any atom is 0.318 e.